The molecule has 3 heterocycles. The van der Waals surface area contributed by atoms with Gasteiger partial charge in [-0.2, -0.15) is 0 Å². The molecule has 0 aromatic rings. The average Bonchev–Trinajstić information content (AvgIpc) is 4.07. The van der Waals surface area contributed by atoms with E-state index >= 15 is 0 Å². The number of allylic oxidation sites excluding steroid dienone is 4. The normalized spacial score (nSPS) is 51.3. The lowest BCUT2D eigenvalue weighted by Crippen LogP contribution is -2.64. The van der Waals surface area contributed by atoms with Crippen LogP contribution in [-0.4, -0.2) is 58.3 Å². The van der Waals surface area contributed by atoms with Gasteiger partial charge in [0.2, 0.25) is 0 Å². The van der Waals surface area contributed by atoms with Gasteiger partial charge in [0.1, 0.15) is 0 Å². The fraction of sp³-hybridized carbons (Fsp3) is 0.887. The first-order chi connectivity index (χ1) is 28.2. The van der Waals surface area contributed by atoms with Gasteiger partial charge in [0, 0.05) is 53.9 Å². The first-order valence-electron chi connectivity index (χ1n) is 26.3. The van der Waals surface area contributed by atoms with Crippen molar-refractivity contribution < 1.29 is 0 Å². The van der Waals surface area contributed by atoms with Crippen molar-refractivity contribution >= 4 is 0 Å². The van der Waals surface area contributed by atoms with Crippen molar-refractivity contribution in [2.24, 2.45) is 65.1 Å². The standard InChI is InChI=1S/C53H82N4/c1-33-39(36-26-29-49-44(32-36)41-18-7-9-22-47(41)57(49)46-24-11-16-34-13-5-6-17-40(34)46)28-30-50-51(33)43-19-8-10-23-48(43)56(50)38-27-25-37(31-38)53-54-45-21-12-20-42(45)52(55-53)35-14-3-2-4-15-35/h5,13,29,31,33-36,38-48,50-55H,2-4,6-12,14-28,30,32H2,1H3/t33?,34?,36?,38?,39?,40?,41?,42?,43-,44?,45?,46?,47?,48?,50?,51?,52?,53?/m0/s1. The number of hydrogen-bond donors (Lipinski definition) is 2. The van der Waals surface area contributed by atoms with Crippen molar-refractivity contribution in [1.29, 1.82) is 0 Å². The average molecular weight is 775 g/mol. The van der Waals surface area contributed by atoms with Gasteiger partial charge in [-0.05, 0) is 180 Å². The summed E-state index contributed by atoms with van der Waals surface area (Å²) in [4.78, 5) is 6.46. The van der Waals surface area contributed by atoms with Crippen LogP contribution in [0, 0.1) is 65.1 Å². The van der Waals surface area contributed by atoms with Crippen molar-refractivity contribution in [2.45, 2.75) is 229 Å². The Labute approximate surface area is 348 Å². The van der Waals surface area contributed by atoms with Gasteiger partial charge < -0.3 is 4.90 Å². The molecule has 9 fully saturated rings. The zero-order valence-corrected chi connectivity index (χ0v) is 36.3. The molecule has 4 nitrogen and oxygen atoms in total. The van der Waals surface area contributed by atoms with E-state index in [1.807, 2.05) is 5.70 Å². The second kappa shape index (κ2) is 15.7. The zero-order valence-electron chi connectivity index (χ0n) is 36.3. The first-order valence-corrected chi connectivity index (χ1v) is 26.3. The van der Waals surface area contributed by atoms with Crippen LogP contribution in [0.2, 0.25) is 0 Å². The molecule has 0 amide bonds. The molecule has 314 valence electrons. The molecule has 0 radical (unpaired) electrons. The number of fused-ring (bicyclic) bond motifs is 8. The van der Waals surface area contributed by atoms with Gasteiger partial charge in [0.25, 0.3) is 0 Å². The number of likely N-dealkylation sites (tertiary alicyclic amines) is 2. The monoisotopic (exact) mass is 775 g/mol. The molecule has 9 aliphatic carbocycles. The third kappa shape index (κ3) is 6.40. The van der Waals surface area contributed by atoms with Crippen molar-refractivity contribution in [3.63, 3.8) is 0 Å². The molecule has 57 heavy (non-hydrogen) atoms. The molecule has 0 bridgehead atoms. The summed E-state index contributed by atoms with van der Waals surface area (Å²) >= 11 is 0. The Balaban J connectivity index is 0.770. The molecule has 3 aliphatic heterocycles. The van der Waals surface area contributed by atoms with Gasteiger partial charge in [-0.15, -0.1) is 0 Å². The number of rotatable bonds is 5. The van der Waals surface area contributed by atoms with Crippen LogP contribution in [0.3, 0.4) is 0 Å². The van der Waals surface area contributed by atoms with Crippen LogP contribution in [0.1, 0.15) is 180 Å². The van der Waals surface area contributed by atoms with Crippen LogP contribution < -0.4 is 10.6 Å². The number of nitrogens with zero attached hydrogens (tertiary/aromatic N) is 2. The summed E-state index contributed by atoms with van der Waals surface area (Å²) in [5.74, 6) is 10.1. The Kier molecular flexibility index (Phi) is 10.3. The van der Waals surface area contributed by atoms with Gasteiger partial charge in [0.05, 0.1) is 6.17 Å². The Hall–Kier alpha value is -1.10. The highest BCUT2D eigenvalue weighted by atomic mass is 15.3. The molecule has 12 rings (SSSR count). The minimum absolute atomic E-state index is 0.440. The molecular weight excluding hydrogens is 693 g/mol. The van der Waals surface area contributed by atoms with E-state index in [2.05, 4.69) is 51.7 Å². The molecule has 0 aromatic carbocycles. The first kappa shape index (κ1) is 37.6. The van der Waals surface area contributed by atoms with E-state index in [1.54, 1.807) is 5.57 Å². The molecule has 18 atom stereocenters. The highest BCUT2D eigenvalue weighted by Gasteiger charge is 2.58. The van der Waals surface area contributed by atoms with Crippen molar-refractivity contribution in [3.8, 4) is 0 Å². The third-order valence-corrected chi connectivity index (χ3v) is 21.0. The van der Waals surface area contributed by atoms with Crippen molar-refractivity contribution in [1.82, 2.24) is 20.4 Å². The summed E-state index contributed by atoms with van der Waals surface area (Å²) in [7, 11) is 0. The lowest BCUT2D eigenvalue weighted by Gasteiger charge is -2.49. The molecule has 17 unspecified atom stereocenters. The van der Waals surface area contributed by atoms with Crippen LogP contribution in [0.4, 0.5) is 0 Å². The lowest BCUT2D eigenvalue weighted by molar-refractivity contribution is 0.0369. The minimum Gasteiger partial charge on any atom is -0.368 e. The summed E-state index contributed by atoms with van der Waals surface area (Å²) in [6.45, 7) is 2.81. The summed E-state index contributed by atoms with van der Waals surface area (Å²) in [5, 5.41) is 8.63. The number of hydrogen-bond acceptors (Lipinski definition) is 4. The van der Waals surface area contributed by atoms with E-state index in [9.17, 15) is 0 Å². The van der Waals surface area contributed by atoms with Crippen LogP contribution in [-0.2, 0) is 0 Å². The van der Waals surface area contributed by atoms with E-state index in [0.717, 1.165) is 101 Å². The van der Waals surface area contributed by atoms with E-state index in [4.69, 9.17) is 0 Å². The smallest absolute Gasteiger partial charge is 0.0799 e. The largest absolute Gasteiger partial charge is 0.368 e. The minimum atomic E-state index is 0.440. The van der Waals surface area contributed by atoms with Gasteiger partial charge in [-0.1, -0.05) is 89.0 Å². The SMILES string of the molecule is CC1C(C2CC=C3C(C2)C2CCCCC2N3C2CCCC3C=CCCC32)CCC2C1[C@H]1CCCCC1N2C1C=C(C2NC3CCCC3C(C3CCCCC3)N2)CC1. The predicted molar refractivity (Wildman–Crippen MR) is 234 cm³/mol. The van der Waals surface area contributed by atoms with Crippen LogP contribution >= 0.6 is 0 Å². The van der Waals surface area contributed by atoms with Crippen LogP contribution in [0.5, 0.6) is 0 Å². The molecule has 0 aromatic heterocycles. The second-order valence-corrected chi connectivity index (χ2v) is 23.2. The zero-order chi connectivity index (χ0) is 37.6. The molecule has 0 spiro atoms. The summed E-state index contributed by atoms with van der Waals surface area (Å²) in [6, 6.07) is 5.61. The van der Waals surface area contributed by atoms with Gasteiger partial charge in [0.15, 0.2) is 0 Å². The molecule has 4 heteroatoms. The van der Waals surface area contributed by atoms with E-state index in [-0.39, 0.29) is 0 Å². The Morgan fingerprint density at radius 2 is 1.37 bits per heavy atom. The molecule has 12 aliphatic rings. The molecular formula is C53H82N4. The third-order valence-electron chi connectivity index (χ3n) is 21.0. The maximum Gasteiger partial charge on any atom is 0.0799 e. The fourth-order valence-electron chi connectivity index (χ4n) is 18.9. The molecule has 3 saturated heterocycles. The summed E-state index contributed by atoms with van der Waals surface area (Å²) in [6.07, 6.45) is 50.9. The van der Waals surface area contributed by atoms with E-state index in [0.29, 0.717) is 12.2 Å². The Morgan fingerprint density at radius 3 is 2.28 bits per heavy atom. The van der Waals surface area contributed by atoms with Crippen LogP contribution in [0.15, 0.2) is 35.6 Å². The topological polar surface area (TPSA) is 30.5 Å². The lowest BCUT2D eigenvalue weighted by atomic mass is 9.59. The van der Waals surface area contributed by atoms with Gasteiger partial charge in [-0.3, -0.25) is 15.5 Å². The van der Waals surface area contributed by atoms with E-state index in [1.165, 1.54) is 173 Å². The van der Waals surface area contributed by atoms with Gasteiger partial charge >= 0.3 is 0 Å². The quantitative estimate of drug-likeness (QED) is 0.272. The molecule has 2 N–H and O–H groups in total. The number of nitrogens with one attached hydrogen (secondary N) is 2. The second-order valence-electron chi connectivity index (χ2n) is 23.2. The van der Waals surface area contributed by atoms with E-state index < -0.39 is 0 Å². The predicted octanol–water partition coefficient (Wildman–Crippen LogP) is 11.5. The highest BCUT2D eigenvalue weighted by Crippen LogP contribution is 2.60. The van der Waals surface area contributed by atoms with Crippen LogP contribution in [0.25, 0.3) is 0 Å². The maximum absolute atomic E-state index is 4.37. The highest BCUT2D eigenvalue weighted by molar-refractivity contribution is 5.26. The van der Waals surface area contributed by atoms with Crippen molar-refractivity contribution in [2.75, 3.05) is 0 Å². The van der Waals surface area contributed by atoms with Gasteiger partial charge in [-0.25, -0.2) is 0 Å². The molecule has 6 saturated carbocycles. The maximum atomic E-state index is 4.37. The Bertz CT molecular complexity index is 1540. The Morgan fingerprint density at radius 1 is 0.596 bits per heavy atom. The summed E-state index contributed by atoms with van der Waals surface area (Å²) in [5.41, 5.74) is 3.65. The fourth-order valence-corrected chi connectivity index (χ4v) is 18.9. The summed E-state index contributed by atoms with van der Waals surface area (Å²) < 4.78 is 0. The van der Waals surface area contributed by atoms with Crippen molar-refractivity contribution in [3.05, 3.63) is 35.6 Å².